The van der Waals surface area contributed by atoms with E-state index in [1.165, 1.54) is 11.1 Å². The highest BCUT2D eigenvalue weighted by molar-refractivity contribution is 5.75. The fraction of sp³-hybridized carbons (Fsp3) is 0.235. The molecule has 0 heterocycles. The van der Waals surface area contributed by atoms with Crippen LogP contribution in [0.25, 0.3) is 0 Å². The van der Waals surface area contributed by atoms with E-state index in [-0.39, 0.29) is 18.5 Å². The Kier molecular flexibility index (Phi) is 5.33. The van der Waals surface area contributed by atoms with Gasteiger partial charge < -0.3 is 11.1 Å². The molecule has 0 radical (unpaired) electrons. The van der Waals surface area contributed by atoms with E-state index in [9.17, 15) is 4.79 Å². The predicted molar refractivity (Wildman–Crippen MR) is 81.3 cm³/mol. The molecule has 0 aliphatic carbocycles. The average molecular weight is 268 g/mol. The summed E-state index contributed by atoms with van der Waals surface area (Å²) in [5.74, 6) is -0.323. The van der Waals surface area contributed by atoms with Gasteiger partial charge in [0.25, 0.3) is 0 Å². The monoisotopic (exact) mass is 268 g/mol. The van der Waals surface area contributed by atoms with E-state index in [2.05, 4.69) is 29.6 Å². The first-order chi connectivity index (χ1) is 9.74. The number of hydrogen-bond acceptors (Lipinski definition) is 2. The summed E-state index contributed by atoms with van der Waals surface area (Å²) < 4.78 is 0. The van der Waals surface area contributed by atoms with Crippen LogP contribution in [-0.2, 0) is 17.6 Å². The molecule has 0 bridgehead atoms. The number of carbonyl (C=O) groups is 1. The van der Waals surface area contributed by atoms with Crippen molar-refractivity contribution in [3.8, 4) is 0 Å². The normalized spacial score (nSPS) is 10.7. The number of nitrogens with one attached hydrogen (secondary N) is 1. The van der Waals surface area contributed by atoms with E-state index >= 15 is 0 Å². The van der Waals surface area contributed by atoms with Gasteiger partial charge in [-0.15, -0.1) is 0 Å². The highest BCUT2D eigenvalue weighted by Crippen LogP contribution is 2.09. The van der Waals surface area contributed by atoms with Gasteiger partial charge >= 0.3 is 0 Å². The minimum atomic E-state index is -0.323. The van der Waals surface area contributed by atoms with Gasteiger partial charge in [0.15, 0.2) is 0 Å². The Bertz CT molecular complexity index is 484. The Morgan fingerprint density at radius 3 is 1.75 bits per heavy atom. The van der Waals surface area contributed by atoms with Crippen LogP contribution in [0.5, 0.6) is 0 Å². The Hall–Kier alpha value is -2.13. The summed E-state index contributed by atoms with van der Waals surface area (Å²) in [7, 11) is 0. The third-order valence-electron chi connectivity index (χ3n) is 3.21. The van der Waals surface area contributed by atoms with Gasteiger partial charge in [0.2, 0.25) is 5.91 Å². The quantitative estimate of drug-likeness (QED) is 0.806. The minimum absolute atomic E-state index is 0.201. The number of nitrogens with two attached hydrogens (primary N) is 1. The molecule has 0 atom stereocenters. The molecule has 0 aliphatic heterocycles. The van der Waals surface area contributed by atoms with Gasteiger partial charge in [0.1, 0.15) is 0 Å². The summed E-state index contributed by atoms with van der Waals surface area (Å²) in [6, 6.07) is 20.7. The average Bonchev–Trinajstić information content (AvgIpc) is 2.47. The molecular formula is C17H20N2O. The van der Waals surface area contributed by atoms with Crippen molar-refractivity contribution in [3.05, 3.63) is 71.8 Å². The van der Waals surface area contributed by atoms with Gasteiger partial charge in [-0.05, 0) is 24.0 Å². The van der Waals surface area contributed by atoms with Crippen LogP contribution in [0.1, 0.15) is 11.1 Å². The molecule has 0 aliphatic rings. The lowest BCUT2D eigenvalue weighted by atomic mass is 9.99. The van der Waals surface area contributed by atoms with Gasteiger partial charge in [-0.2, -0.15) is 0 Å². The van der Waals surface area contributed by atoms with Crippen molar-refractivity contribution in [2.75, 3.05) is 6.54 Å². The fourth-order valence-corrected chi connectivity index (χ4v) is 2.26. The van der Waals surface area contributed by atoms with Crippen molar-refractivity contribution in [2.45, 2.75) is 18.9 Å². The van der Waals surface area contributed by atoms with Crippen molar-refractivity contribution in [2.24, 2.45) is 5.73 Å². The Morgan fingerprint density at radius 2 is 1.35 bits per heavy atom. The molecule has 0 saturated heterocycles. The molecule has 1 amide bonds. The maximum Gasteiger partial charge on any atom is 0.231 e. The lowest BCUT2D eigenvalue weighted by molar-refractivity contribution is -0.117. The van der Waals surface area contributed by atoms with Gasteiger partial charge in [-0.25, -0.2) is 0 Å². The van der Waals surface area contributed by atoms with Crippen molar-refractivity contribution >= 4 is 5.91 Å². The molecule has 0 spiro atoms. The molecule has 0 aromatic heterocycles. The first kappa shape index (κ1) is 14.3. The highest BCUT2D eigenvalue weighted by Gasteiger charge is 2.11. The van der Waals surface area contributed by atoms with Crippen LogP contribution in [-0.4, -0.2) is 18.5 Å². The first-order valence-electron chi connectivity index (χ1n) is 6.83. The number of primary amides is 1. The van der Waals surface area contributed by atoms with Gasteiger partial charge in [-0.1, -0.05) is 60.7 Å². The molecule has 0 unspecified atom stereocenters. The minimum Gasteiger partial charge on any atom is -0.369 e. The zero-order valence-corrected chi connectivity index (χ0v) is 11.5. The van der Waals surface area contributed by atoms with Crippen molar-refractivity contribution in [1.29, 1.82) is 0 Å². The van der Waals surface area contributed by atoms with E-state index in [4.69, 9.17) is 5.73 Å². The molecule has 2 aromatic rings. The molecule has 3 N–H and O–H groups in total. The summed E-state index contributed by atoms with van der Waals surface area (Å²) in [5.41, 5.74) is 7.74. The summed E-state index contributed by atoms with van der Waals surface area (Å²) in [4.78, 5) is 11.0. The molecule has 2 aromatic carbocycles. The van der Waals surface area contributed by atoms with Crippen LogP contribution in [0.4, 0.5) is 0 Å². The van der Waals surface area contributed by atoms with E-state index in [0.29, 0.717) is 0 Å². The topological polar surface area (TPSA) is 55.1 Å². The number of rotatable bonds is 7. The SMILES string of the molecule is NC(=O)CNC(Cc1ccccc1)Cc1ccccc1. The number of benzene rings is 2. The Labute approximate surface area is 119 Å². The molecular weight excluding hydrogens is 248 g/mol. The second kappa shape index (κ2) is 7.46. The second-order valence-corrected chi connectivity index (χ2v) is 4.92. The maximum atomic E-state index is 11.0. The molecule has 0 fully saturated rings. The lowest BCUT2D eigenvalue weighted by Gasteiger charge is -2.18. The molecule has 2 rings (SSSR count). The summed E-state index contributed by atoms with van der Waals surface area (Å²) >= 11 is 0. The van der Waals surface area contributed by atoms with E-state index < -0.39 is 0 Å². The molecule has 104 valence electrons. The van der Waals surface area contributed by atoms with Crippen LogP contribution >= 0.6 is 0 Å². The van der Waals surface area contributed by atoms with Crippen molar-refractivity contribution in [3.63, 3.8) is 0 Å². The number of hydrogen-bond donors (Lipinski definition) is 2. The lowest BCUT2D eigenvalue weighted by Crippen LogP contribution is -2.39. The van der Waals surface area contributed by atoms with Gasteiger partial charge in [0, 0.05) is 6.04 Å². The third kappa shape index (κ3) is 4.86. The summed E-state index contributed by atoms with van der Waals surface area (Å²) in [6.45, 7) is 0.213. The molecule has 20 heavy (non-hydrogen) atoms. The number of amides is 1. The van der Waals surface area contributed by atoms with Crippen LogP contribution in [0.3, 0.4) is 0 Å². The third-order valence-corrected chi connectivity index (χ3v) is 3.21. The second-order valence-electron chi connectivity index (χ2n) is 4.92. The standard InChI is InChI=1S/C17H20N2O/c18-17(20)13-19-16(11-14-7-3-1-4-8-14)12-15-9-5-2-6-10-15/h1-10,16,19H,11-13H2,(H2,18,20). The van der Waals surface area contributed by atoms with Crippen LogP contribution < -0.4 is 11.1 Å². The zero-order valence-electron chi connectivity index (χ0n) is 11.5. The molecule has 0 saturated carbocycles. The first-order valence-corrected chi connectivity index (χ1v) is 6.83. The van der Waals surface area contributed by atoms with Gasteiger partial charge in [-0.3, -0.25) is 4.79 Å². The largest absolute Gasteiger partial charge is 0.369 e. The summed E-state index contributed by atoms with van der Waals surface area (Å²) in [6.07, 6.45) is 1.76. The fourth-order valence-electron chi connectivity index (χ4n) is 2.26. The van der Waals surface area contributed by atoms with E-state index in [1.54, 1.807) is 0 Å². The Morgan fingerprint density at radius 1 is 0.900 bits per heavy atom. The van der Waals surface area contributed by atoms with Crippen LogP contribution in [0.15, 0.2) is 60.7 Å². The van der Waals surface area contributed by atoms with Crippen LogP contribution in [0.2, 0.25) is 0 Å². The maximum absolute atomic E-state index is 11.0. The summed E-state index contributed by atoms with van der Waals surface area (Å²) in [5, 5.41) is 3.24. The smallest absolute Gasteiger partial charge is 0.231 e. The molecule has 3 heteroatoms. The van der Waals surface area contributed by atoms with Gasteiger partial charge in [0.05, 0.1) is 6.54 Å². The van der Waals surface area contributed by atoms with Crippen molar-refractivity contribution < 1.29 is 4.79 Å². The van der Waals surface area contributed by atoms with Crippen LogP contribution in [0, 0.1) is 0 Å². The van der Waals surface area contributed by atoms with E-state index in [0.717, 1.165) is 12.8 Å². The van der Waals surface area contributed by atoms with Crippen molar-refractivity contribution in [1.82, 2.24) is 5.32 Å². The van der Waals surface area contributed by atoms with E-state index in [1.807, 2.05) is 36.4 Å². The predicted octanol–water partition coefficient (Wildman–Crippen LogP) is 1.92. The number of carbonyl (C=O) groups excluding carboxylic acids is 1. The highest BCUT2D eigenvalue weighted by atomic mass is 16.1. The molecule has 3 nitrogen and oxygen atoms in total. The zero-order chi connectivity index (χ0) is 14.2. The Balaban J connectivity index is 2.02.